The Balaban J connectivity index is 2.11. The SMILES string of the molecule is O=C(O)c1ccc2c(c1)C(=O)N(c1cnccn1)C2=O. The molecule has 7 heteroatoms. The van der Waals surface area contributed by atoms with Gasteiger partial charge in [0.15, 0.2) is 5.82 Å². The lowest BCUT2D eigenvalue weighted by Gasteiger charge is -2.10. The number of amides is 2. The molecule has 0 atom stereocenters. The summed E-state index contributed by atoms with van der Waals surface area (Å²) in [6, 6.07) is 3.80. The highest BCUT2D eigenvalue weighted by Gasteiger charge is 2.37. The van der Waals surface area contributed by atoms with Crippen LogP contribution in [0.5, 0.6) is 0 Å². The largest absolute Gasteiger partial charge is 0.478 e. The van der Waals surface area contributed by atoms with E-state index in [0.29, 0.717) is 0 Å². The van der Waals surface area contributed by atoms with Crippen LogP contribution in [0.3, 0.4) is 0 Å². The van der Waals surface area contributed by atoms with Crippen LogP contribution < -0.4 is 4.90 Å². The summed E-state index contributed by atoms with van der Waals surface area (Å²) in [4.78, 5) is 43.9. The van der Waals surface area contributed by atoms with Gasteiger partial charge in [-0.1, -0.05) is 0 Å². The minimum Gasteiger partial charge on any atom is -0.478 e. The highest BCUT2D eigenvalue weighted by molar-refractivity contribution is 6.34. The summed E-state index contributed by atoms with van der Waals surface area (Å²) in [5.74, 6) is -2.20. The van der Waals surface area contributed by atoms with Gasteiger partial charge in [0.25, 0.3) is 11.8 Å². The molecule has 0 spiro atoms. The van der Waals surface area contributed by atoms with E-state index in [9.17, 15) is 14.4 Å². The predicted octanol–water partition coefficient (Wildman–Crippen LogP) is 0.975. The Bertz CT molecular complexity index is 743. The van der Waals surface area contributed by atoms with Gasteiger partial charge in [0.05, 0.1) is 22.9 Å². The average molecular weight is 269 g/mol. The zero-order chi connectivity index (χ0) is 14.3. The van der Waals surface area contributed by atoms with E-state index in [0.717, 1.165) is 4.90 Å². The second kappa shape index (κ2) is 4.23. The monoisotopic (exact) mass is 269 g/mol. The Morgan fingerprint density at radius 1 is 1.10 bits per heavy atom. The highest BCUT2D eigenvalue weighted by Crippen LogP contribution is 2.27. The summed E-state index contributed by atoms with van der Waals surface area (Å²) in [5, 5.41) is 8.92. The number of benzene rings is 1. The lowest BCUT2D eigenvalue weighted by atomic mass is 10.1. The number of anilines is 1. The molecule has 1 aliphatic heterocycles. The molecule has 1 aromatic carbocycles. The number of fused-ring (bicyclic) bond motifs is 1. The van der Waals surface area contributed by atoms with Crippen molar-refractivity contribution in [2.24, 2.45) is 0 Å². The Kier molecular flexibility index (Phi) is 2.53. The van der Waals surface area contributed by atoms with Crippen LogP contribution in [0.15, 0.2) is 36.8 Å². The first kappa shape index (κ1) is 12.0. The number of hydrogen-bond donors (Lipinski definition) is 1. The maximum atomic E-state index is 12.2. The standard InChI is InChI=1S/C13H7N3O4/c17-11-8-2-1-7(13(19)20)5-9(8)12(18)16(11)10-6-14-3-4-15-10/h1-6H,(H,19,20). The Hall–Kier alpha value is -3.09. The van der Waals surface area contributed by atoms with E-state index in [-0.39, 0.29) is 22.5 Å². The van der Waals surface area contributed by atoms with Gasteiger partial charge in [0, 0.05) is 12.4 Å². The molecule has 98 valence electrons. The summed E-state index contributed by atoms with van der Waals surface area (Å²) < 4.78 is 0. The van der Waals surface area contributed by atoms with Gasteiger partial charge in [0.1, 0.15) is 0 Å². The topological polar surface area (TPSA) is 100 Å². The van der Waals surface area contributed by atoms with Gasteiger partial charge in [-0.25, -0.2) is 14.7 Å². The quantitative estimate of drug-likeness (QED) is 0.815. The van der Waals surface area contributed by atoms with E-state index in [1.54, 1.807) is 0 Å². The molecular formula is C13H7N3O4. The number of hydrogen-bond acceptors (Lipinski definition) is 5. The number of aromatic nitrogens is 2. The van der Waals surface area contributed by atoms with Crippen molar-refractivity contribution >= 4 is 23.6 Å². The van der Waals surface area contributed by atoms with Crippen LogP contribution in [0, 0.1) is 0 Å². The molecule has 1 aromatic heterocycles. The fourth-order valence-electron chi connectivity index (χ4n) is 1.99. The molecule has 2 amide bonds. The van der Waals surface area contributed by atoms with E-state index in [4.69, 9.17) is 5.11 Å². The van der Waals surface area contributed by atoms with Crippen LogP contribution in [0.25, 0.3) is 0 Å². The Morgan fingerprint density at radius 3 is 2.50 bits per heavy atom. The molecule has 20 heavy (non-hydrogen) atoms. The van der Waals surface area contributed by atoms with Crippen LogP contribution >= 0.6 is 0 Å². The first-order valence-electron chi connectivity index (χ1n) is 5.62. The van der Waals surface area contributed by atoms with Crippen molar-refractivity contribution in [3.63, 3.8) is 0 Å². The molecule has 1 N–H and O–H groups in total. The maximum absolute atomic E-state index is 12.2. The van der Waals surface area contributed by atoms with E-state index in [1.165, 1.54) is 36.8 Å². The molecule has 0 radical (unpaired) electrons. The fraction of sp³-hybridized carbons (Fsp3) is 0. The van der Waals surface area contributed by atoms with Gasteiger partial charge in [-0.15, -0.1) is 0 Å². The number of nitrogens with zero attached hydrogens (tertiary/aromatic N) is 3. The van der Waals surface area contributed by atoms with Gasteiger partial charge in [-0.2, -0.15) is 0 Å². The molecule has 0 aliphatic carbocycles. The van der Waals surface area contributed by atoms with E-state index in [2.05, 4.69) is 9.97 Å². The van der Waals surface area contributed by atoms with Crippen molar-refractivity contribution in [3.8, 4) is 0 Å². The molecule has 1 aliphatic rings. The number of carboxylic acid groups (broad SMARTS) is 1. The van der Waals surface area contributed by atoms with Crippen LogP contribution in [-0.2, 0) is 0 Å². The summed E-state index contributed by atoms with van der Waals surface area (Å²) >= 11 is 0. The zero-order valence-corrected chi connectivity index (χ0v) is 9.98. The Morgan fingerprint density at radius 2 is 1.85 bits per heavy atom. The average Bonchev–Trinajstić information content (AvgIpc) is 2.71. The first-order chi connectivity index (χ1) is 9.59. The van der Waals surface area contributed by atoms with Crippen LogP contribution in [-0.4, -0.2) is 32.9 Å². The van der Waals surface area contributed by atoms with Gasteiger partial charge >= 0.3 is 5.97 Å². The summed E-state index contributed by atoms with van der Waals surface area (Å²) in [6.45, 7) is 0. The third kappa shape index (κ3) is 1.64. The van der Waals surface area contributed by atoms with Gasteiger partial charge < -0.3 is 5.11 Å². The molecule has 0 fully saturated rings. The van der Waals surface area contributed by atoms with Gasteiger partial charge in [-0.05, 0) is 18.2 Å². The van der Waals surface area contributed by atoms with Crippen LogP contribution in [0.4, 0.5) is 5.82 Å². The molecule has 0 unspecified atom stereocenters. The summed E-state index contributed by atoms with van der Waals surface area (Å²) in [5.41, 5.74) is 0.164. The van der Waals surface area contributed by atoms with Crippen molar-refractivity contribution in [2.75, 3.05) is 4.90 Å². The van der Waals surface area contributed by atoms with E-state index >= 15 is 0 Å². The molecule has 7 nitrogen and oxygen atoms in total. The number of carbonyl (C=O) groups is 3. The first-order valence-corrected chi connectivity index (χ1v) is 5.62. The minimum atomic E-state index is -1.16. The van der Waals surface area contributed by atoms with Gasteiger partial charge in [-0.3, -0.25) is 14.6 Å². The predicted molar refractivity (Wildman–Crippen MR) is 66.6 cm³/mol. The maximum Gasteiger partial charge on any atom is 0.335 e. The third-order valence-corrected chi connectivity index (χ3v) is 2.91. The molecule has 0 saturated carbocycles. The van der Waals surface area contributed by atoms with Crippen LogP contribution in [0.1, 0.15) is 31.1 Å². The summed E-state index contributed by atoms with van der Waals surface area (Å²) in [6.07, 6.45) is 4.07. The normalized spacial score (nSPS) is 13.5. The summed E-state index contributed by atoms with van der Waals surface area (Å²) in [7, 11) is 0. The third-order valence-electron chi connectivity index (χ3n) is 2.91. The van der Waals surface area contributed by atoms with E-state index < -0.39 is 17.8 Å². The highest BCUT2D eigenvalue weighted by atomic mass is 16.4. The number of carboxylic acids is 1. The molecular weight excluding hydrogens is 262 g/mol. The van der Waals surface area contributed by atoms with Crippen molar-refractivity contribution < 1.29 is 19.5 Å². The number of imide groups is 1. The van der Waals surface area contributed by atoms with Crippen molar-refractivity contribution in [1.29, 1.82) is 0 Å². The lowest BCUT2D eigenvalue weighted by Crippen LogP contribution is -2.30. The molecule has 2 heterocycles. The number of rotatable bonds is 2. The molecule has 2 aromatic rings. The van der Waals surface area contributed by atoms with Gasteiger partial charge in [0.2, 0.25) is 0 Å². The zero-order valence-electron chi connectivity index (χ0n) is 9.98. The fourth-order valence-corrected chi connectivity index (χ4v) is 1.99. The number of carbonyl (C=O) groups excluding carboxylic acids is 2. The Labute approximate surface area is 112 Å². The van der Waals surface area contributed by atoms with Crippen LogP contribution in [0.2, 0.25) is 0 Å². The lowest BCUT2D eigenvalue weighted by molar-refractivity contribution is 0.0696. The molecule has 0 saturated heterocycles. The number of aromatic carboxylic acids is 1. The smallest absolute Gasteiger partial charge is 0.335 e. The second-order valence-electron chi connectivity index (χ2n) is 4.07. The van der Waals surface area contributed by atoms with Crippen molar-refractivity contribution in [1.82, 2.24) is 9.97 Å². The molecule has 0 bridgehead atoms. The second-order valence-corrected chi connectivity index (χ2v) is 4.07. The van der Waals surface area contributed by atoms with Crippen molar-refractivity contribution in [2.45, 2.75) is 0 Å². The van der Waals surface area contributed by atoms with E-state index in [1.807, 2.05) is 0 Å². The molecule has 3 rings (SSSR count). The van der Waals surface area contributed by atoms with Crippen molar-refractivity contribution in [3.05, 3.63) is 53.5 Å². The minimum absolute atomic E-state index is 0.0501.